The molecule has 6 heteroatoms. The Kier molecular flexibility index (Phi) is 5.11. The van der Waals surface area contributed by atoms with Crippen molar-refractivity contribution < 1.29 is 14.8 Å². The number of hydrogen-bond acceptors (Lipinski definition) is 5. The van der Waals surface area contributed by atoms with Gasteiger partial charge in [-0.2, -0.15) is 11.8 Å². The normalized spacial score (nSPS) is 12.1. The molecule has 0 fully saturated rings. The summed E-state index contributed by atoms with van der Waals surface area (Å²) in [4.78, 5) is 21.2. The molecule has 5 nitrogen and oxygen atoms in total. The van der Waals surface area contributed by atoms with Crippen molar-refractivity contribution in [2.75, 3.05) is 12.0 Å². The number of carbonyl (C=O) groups is 1. The van der Waals surface area contributed by atoms with E-state index in [1.807, 2.05) is 6.26 Å². The van der Waals surface area contributed by atoms with Gasteiger partial charge in [0.25, 0.3) is 5.69 Å². The van der Waals surface area contributed by atoms with E-state index in [0.717, 1.165) is 0 Å². The lowest BCUT2D eigenvalue weighted by molar-refractivity contribution is -0.384. The molecule has 0 aliphatic heterocycles. The van der Waals surface area contributed by atoms with Gasteiger partial charge in [0, 0.05) is 18.6 Å². The smallest absolute Gasteiger partial charge is 0.269 e. The lowest BCUT2D eigenvalue weighted by atomic mass is 10.0. The summed E-state index contributed by atoms with van der Waals surface area (Å²) in [6.45, 7) is 0. The van der Waals surface area contributed by atoms with Crippen LogP contribution >= 0.6 is 11.8 Å². The number of nitro groups is 1. The van der Waals surface area contributed by atoms with Crippen molar-refractivity contribution in [1.29, 1.82) is 0 Å². The highest BCUT2D eigenvalue weighted by molar-refractivity contribution is 7.99. The molecule has 1 aromatic rings. The maximum Gasteiger partial charge on any atom is 0.269 e. The molecule has 0 aliphatic carbocycles. The second kappa shape index (κ2) is 6.36. The molecule has 0 aliphatic rings. The zero-order valence-electron chi connectivity index (χ0n) is 9.33. The largest absolute Gasteiger partial charge is 0.388 e. The van der Waals surface area contributed by atoms with Crippen LogP contribution in [0.4, 0.5) is 5.69 Å². The molecular formula is C11H13NO4S. The summed E-state index contributed by atoms with van der Waals surface area (Å²) in [6.07, 6.45) is 0.963. The summed E-state index contributed by atoms with van der Waals surface area (Å²) < 4.78 is 0. The van der Waals surface area contributed by atoms with Crippen molar-refractivity contribution in [3.05, 3.63) is 39.9 Å². The third-order valence-corrected chi connectivity index (χ3v) is 2.83. The lowest BCUT2D eigenvalue weighted by Gasteiger charge is -2.09. The summed E-state index contributed by atoms with van der Waals surface area (Å²) in [5.74, 6) is 0.327. The van der Waals surface area contributed by atoms with Gasteiger partial charge in [-0.25, -0.2) is 0 Å². The monoisotopic (exact) mass is 255 g/mol. The van der Waals surface area contributed by atoms with E-state index in [9.17, 15) is 20.0 Å². The van der Waals surface area contributed by atoms with E-state index in [0.29, 0.717) is 11.3 Å². The van der Waals surface area contributed by atoms with Gasteiger partial charge in [0.05, 0.1) is 16.8 Å². The van der Waals surface area contributed by atoms with Gasteiger partial charge < -0.3 is 5.11 Å². The van der Waals surface area contributed by atoms with Crippen molar-refractivity contribution in [3.63, 3.8) is 0 Å². The van der Waals surface area contributed by atoms with Crippen LogP contribution in [-0.2, 0) is 4.79 Å². The molecule has 1 unspecified atom stereocenters. The van der Waals surface area contributed by atoms with Crippen LogP contribution in [0.2, 0.25) is 0 Å². The van der Waals surface area contributed by atoms with E-state index in [1.165, 1.54) is 36.0 Å². The quantitative estimate of drug-likeness (QED) is 0.620. The zero-order valence-corrected chi connectivity index (χ0v) is 10.1. The van der Waals surface area contributed by atoms with Crippen LogP contribution in [0.15, 0.2) is 24.3 Å². The van der Waals surface area contributed by atoms with Gasteiger partial charge in [0.15, 0.2) is 0 Å². The molecule has 0 aromatic heterocycles. The number of non-ortho nitro benzene ring substituents is 1. The minimum atomic E-state index is -0.893. The Morgan fingerprint density at radius 2 is 2.06 bits per heavy atom. The minimum Gasteiger partial charge on any atom is -0.388 e. The summed E-state index contributed by atoms with van der Waals surface area (Å²) in [5, 5.41) is 20.2. The van der Waals surface area contributed by atoms with E-state index < -0.39 is 11.0 Å². The molecule has 1 atom stereocenters. The predicted octanol–water partition coefficient (Wildman–Crippen LogP) is 1.95. The van der Waals surface area contributed by atoms with Gasteiger partial charge in [0.1, 0.15) is 5.78 Å². The molecule has 1 aromatic carbocycles. The first-order chi connectivity index (χ1) is 8.04. The second-order valence-electron chi connectivity index (χ2n) is 3.54. The van der Waals surface area contributed by atoms with E-state index in [-0.39, 0.29) is 17.9 Å². The van der Waals surface area contributed by atoms with Crippen LogP contribution in [-0.4, -0.2) is 27.8 Å². The van der Waals surface area contributed by atoms with Crippen molar-refractivity contribution in [1.82, 2.24) is 0 Å². The van der Waals surface area contributed by atoms with Crippen LogP contribution in [0.5, 0.6) is 0 Å². The van der Waals surface area contributed by atoms with Crippen LogP contribution in [0.3, 0.4) is 0 Å². The second-order valence-corrected chi connectivity index (χ2v) is 4.41. The fourth-order valence-corrected chi connectivity index (χ4v) is 1.81. The first-order valence-electron chi connectivity index (χ1n) is 4.97. The Morgan fingerprint density at radius 1 is 1.47 bits per heavy atom. The summed E-state index contributed by atoms with van der Waals surface area (Å²) in [6, 6.07) is 5.57. The number of benzene rings is 1. The molecule has 92 valence electrons. The van der Waals surface area contributed by atoms with Gasteiger partial charge in [-0.1, -0.05) is 0 Å². The average Bonchev–Trinajstić information content (AvgIpc) is 2.29. The number of thioether (sulfide) groups is 1. The Morgan fingerprint density at radius 3 is 2.53 bits per heavy atom. The van der Waals surface area contributed by atoms with Crippen molar-refractivity contribution >= 4 is 23.2 Å². The molecule has 0 bridgehead atoms. The first kappa shape index (κ1) is 13.7. The zero-order chi connectivity index (χ0) is 12.8. The van der Waals surface area contributed by atoms with Crippen molar-refractivity contribution in [2.45, 2.75) is 12.5 Å². The topological polar surface area (TPSA) is 80.4 Å². The van der Waals surface area contributed by atoms with Crippen LogP contribution in [0.25, 0.3) is 0 Å². The van der Waals surface area contributed by atoms with Crippen molar-refractivity contribution in [2.24, 2.45) is 0 Å². The number of Topliss-reactive ketones (excluding diaryl/α,β-unsaturated/α-hetero) is 1. The molecule has 0 radical (unpaired) electrons. The molecule has 0 spiro atoms. The van der Waals surface area contributed by atoms with Gasteiger partial charge in [-0.05, 0) is 24.0 Å². The molecule has 0 saturated carbocycles. The predicted molar refractivity (Wildman–Crippen MR) is 66.1 cm³/mol. The number of hydrogen-bond donors (Lipinski definition) is 1. The molecule has 0 saturated heterocycles. The van der Waals surface area contributed by atoms with Crippen molar-refractivity contribution in [3.8, 4) is 0 Å². The van der Waals surface area contributed by atoms with Crippen LogP contribution in [0.1, 0.15) is 18.1 Å². The van der Waals surface area contributed by atoms with E-state index in [1.54, 1.807) is 0 Å². The third-order valence-electron chi connectivity index (χ3n) is 2.22. The molecule has 17 heavy (non-hydrogen) atoms. The van der Waals surface area contributed by atoms with Gasteiger partial charge in [0.2, 0.25) is 0 Å². The number of nitrogens with zero attached hydrogens (tertiary/aromatic N) is 1. The summed E-state index contributed by atoms with van der Waals surface area (Å²) in [5.41, 5.74) is 0.487. The lowest BCUT2D eigenvalue weighted by Crippen LogP contribution is -2.08. The van der Waals surface area contributed by atoms with Gasteiger partial charge in [-0.15, -0.1) is 0 Å². The maximum atomic E-state index is 11.3. The fourth-order valence-electron chi connectivity index (χ4n) is 1.37. The number of aliphatic hydroxyl groups excluding tert-OH is 1. The molecule has 0 amide bonds. The van der Waals surface area contributed by atoms with E-state index in [4.69, 9.17) is 0 Å². The highest BCUT2D eigenvalue weighted by Crippen LogP contribution is 2.20. The highest BCUT2D eigenvalue weighted by Gasteiger charge is 2.14. The molecule has 1 rings (SSSR count). The Labute approximate surface area is 103 Å². The minimum absolute atomic E-state index is 0.0311. The highest BCUT2D eigenvalue weighted by atomic mass is 32.2. The van der Waals surface area contributed by atoms with Gasteiger partial charge >= 0.3 is 0 Å². The summed E-state index contributed by atoms with van der Waals surface area (Å²) in [7, 11) is 0. The first-order valence-corrected chi connectivity index (χ1v) is 6.37. The number of aliphatic hydroxyl groups is 1. The Balaban J connectivity index is 2.66. The Hall–Kier alpha value is -1.40. The third kappa shape index (κ3) is 4.16. The number of carbonyl (C=O) groups excluding carboxylic acids is 1. The Bertz CT molecular complexity index is 404. The molecule has 1 N–H and O–H groups in total. The van der Waals surface area contributed by atoms with Crippen LogP contribution < -0.4 is 0 Å². The standard InChI is InChI=1S/C11H13NO4S/c1-17-7-10(13)6-11(14)8-2-4-9(5-3-8)12(15)16/h2-5,11,14H,6-7H2,1H3. The number of ketones is 1. The molecule has 0 heterocycles. The van der Waals surface area contributed by atoms with Gasteiger partial charge in [-0.3, -0.25) is 14.9 Å². The number of rotatable bonds is 6. The number of nitro benzene ring substituents is 1. The molecular weight excluding hydrogens is 242 g/mol. The van der Waals surface area contributed by atoms with E-state index >= 15 is 0 Å². The maximum absolute atomic E-state index is 11.3. The SMILES string of the molecule is CSCC(=O)CC(O)c1ccc([N+](=O)[O-])cc1. The fraction of sp³-hybridized carbons (Fsp3) is 0.364. The summed E-state index contributed by atoms with van der Waals surface area (Å²) >= 11 is 1.40. The van der Waals surface area contributed by atoms with E-state index in [2.05, 4.69) is 0 Å². The average molecular weight is 255 g/mol. The van der Waals surface area contributed by atoms with Crippen LogP contribution in [0, 0.1) is 10.1 Å².